The lowest BCUT2D eigenvalue weighted by atomic mass is 9.93. The van der Waals surface area contributed by atoms with Gasteiger partial charge in [0, 0.05) is 0 Å². The van der Waals surface area contributed by atoms with E-state index in [9.17, 15) is 19.5 Å². The molecule has 0 bridgehead atoms. The van der Waals surface area contributed by atoms with Crippen molar-refractivity contribution in [3.8, 4) is 0 Å². The number of aliphatic carboxylic acids is 2. The van der Waals surface area contributed by atoms with Gasteiger partial charge in [0.15, 0.2) is 5.58 Å². The van der Waals surface area contributed by atoms with Crippen LogP contribution in [0.4, 0.5) is 0 Å². The van der Waals surface area contributed by atoms with Crippen LogP contribution in [0.25, 0.3) is 11.1 Å². The summed E-state index contributed by atoms with van der Waals surface area (Å²) >= 11 is 0. The first-order valence-electron chi connectivity index (χ1n) is 5.55. The maximum atomic E-state index is 11.4. The fourth-order valence-electron chi connectivity index (χ4n) is 2.47. The predicted molar refractivity (Wildman–Crippen MR) is 61.9 cm³/mol. The van der Waals surface area contributed by atoms with Crippen LogP contribution in [-0.4, -0.2) is 27.1 Å². The number of benzene rings is 1. The number of carboxylic acids is 2. The van der Waals surface area contributed by atoms with Gasteiger partial charge >= 0.3 is 17.7 Å². The Bertz CT molecular complexity index is 757. The molecule has 0 spiro atoms. The van der Waals surface area contributed by atoms with Crippen molar-refractivity contribution in [2.24, 2.45) is 5.92 Å². The molecule has 98 valence electrons. The number of aromatic nitrogens is 1. The van der Waals surface area contributed by atoms with Crippen molar-refractivity contribution in [1.82, 2.24) is 4.98 Å². The van der Waals surface area contributed by atoms with Crippen LogP contribution in [0, 0.1) is 5.92 Å². The highest BCUT2D eigenvalue weighted by Crippen LogP contribution is 2.55. The summed E-state index contributed by atoms with van der Waals surface area (Å²) in [6, 6.07) is 4.40. The van der Waals surface area contributed by atoms with E-state index in [2.05, 4.69) is 4.98 Å². The van der Waals surface area contributed by atoms with E-state index in [1.807, 2.05) is 0 Å². The molecule has 7 heteroatoms. The Labute approximate surface area is 105 Å². The van der Waals surface area contributed by atoms with Crippen LogP contribution in [-0.2, 0) is 15.0 Å². The molecule has 0 radical (unpaired) electrons. The zero-order chi connectivity index (χ0) is 13.8. The van der Waals surface area contributed by atoms with Crippen molar-refractivity contribution < 1.29 is 24.2 Å². The SMILES string of the molecule is O=C(O)C1CC1(C(=O)O)c1ccc2oc(=O)[nH]c2c1. The van der Waals surface area contributed by atoms with Gasteiger partial charge in [-0.2, -0.15) is 0 Å². The molecule has 1 aromatic heterocycles. The highest BCUT2D eigenvalue weighted by molar-refractivity contribution is 5.95. The van der Waals surface area contributed by atoms with Gasteiger partial charge < -0.3 is 14.6 Å². The number of H-pyrrole nitrogens is 1. The van der Waals surface area contributed by atoms with Gasteiger partial charge in [-0.25, -0.2) is 4.79 Å². The quantitative estimate of drug-likeness (QED) is 0.743. The van der Waals surface area contributed by atoms with Crippen LogP contribution in [0.3, 0.4) is 0 Å². The van der Waals surface area contributed by atoms with E-state index < -0.39 is 29.0 Å². The van der Waals surface area contributed by atoms with Crippen LogP contribution in [0.1, 0.15) is 12.0 Å². The summed E-state index contributed by atoms with van der Waals surface area (Å²) in [4.78, 5) is 35.8. The van der Waals surface area contributed by atoms with Crippen molar-refractivity contribution in [1.29, 1.82) is 0 Å². The molecule has 2 atom stereocenters. The highest BCUT2D eigenvalue weighted by atomic mass is 16.4. The van der Waals surface area contributed by atoms with Gasteiger partial charge in [-0.15, -0.1) is 0 Å². The number of nitrogens with one attached hydrogen (secondary N) is 1. The molecule has 1 aliphatic carbocycles. The van der Waals surface area contributed by atoms with E-state index >= 15 is 0 Å². The minimum Gasteiger partial charge on any atom is -0.481 e. The third-order valence-corrected chi connectivity index (χ3v) is 3.57. The first kappa shape index (κ1) is 11.5. The number of hydrogen-bond donors (Lipinski definition) is 3. The molecule has 0 aliphatic heterocycles. The molecule has 0 amide bonds. The van der Waals surface area contributed by atoms with Gasteiger partial charge in [0.2, 0.25) is 0 Å². The molecular formula is C12H9NO6. The molecule has 3 rings (SSSR count). The van der Waals surface area contributed by atoms with Gasteiger partial charge in [-0.05, 0) is 24.1 Å². The zero-order valence-electron chi connectivity index (χ0n) is 9.54. The molecule has 19 heavy (non-hydrogen) atoms. The first-order valence-corrected chi connectivity index (χ1v) is 5.55. The Hall–Kier alpha value is -2.57. The second-order valence-electron chi connectivity index (χ2n) is 4.60. The third-order valence-electron chi connectivity index (χ3n) is 3.57. The number of carboxylic acid groups (broad SMARTS) is 2. The largest absolute Gasteiger partial charge is 0.481 e. The standard InChI is InChI=1S/C12H9NO6/c14-9(15)6-4-12(6,10(16)17)5-1-2-8-7(3-5)13-11(18)19-8/h1-3,6H,4H2,(H,13,18)(H,14,15)(H,16,17). The zero-order valence-corrected chi connectivity index (χ0v) is 9.54. The first-order chi connectivity index (χ1) is 8.95. The fraction of sp³-hybridized carbons (Fsp3) is 0.250. The molecule has 2 unspecified atom stereocenters. The summed E-state index contributed by atoms with van der Waals surface area (Å²) in [5.74, 6) is -3.89. The van der Waals surface area contributed by atoms with Gasteiger partial charge in [-0.3, -0.25) is 14.6 Å². The van der Waals surface area contributed by atoms with Crippen molar-refractivity contribution in [2.45, 2.75) is 11.8 Å². The van der Waals surface area contributed by atoms with Crippen LogP contribution < -0.4 is 5.76 Å². The van der Waals surface area contributed by atoms with Crippen LogP contribution >= 0.6 is 0 Å². The van der Waals surface area contributed by atoms with Gasteiger partial charge in [-0.1, -0.05) is 6.07 Å². The number of carbonyl (C=O) groups is 2. The molecule has 1 aromatic carbocycles. The Morgan fingerprint density at radius 3 is 2.68 bits per heavy atom. The maximum absolute atomic E-state index is 11.4. The van der Waals surface area contributed by atoms with Crippen LogP contribution in [0.5, 0.6) is 0 Å². The molecule has 1 saturated carbocycles. The molecular weight excluding hydrogens is 254 g/mol. The van der Waals surface area contributed by atoms with Crippen LogP contribution in [0.15, 0.2) is 27.4 Å². The number of aromatic amines is 1. The average molecular weight is 263 g/mol. The monoisotopic (exact) mass is 263 g/mol. The van der Waals surface area contributed by atoms with Gasteiger partial charge in [0.1, 0.15) is 5.41 Å². The maximum Gasteiger partial charge on any atom is 0.417 e. The summed E-state index contributed by atoms with van der Waals surface area (Å²) in [5, 5.41) is 18.3. The molecule has 7 nitrogen and oxygen atoms in total. The Balaban J connectivity index is 2.14. The lowest BCUT2D eigenvalue weighted by molar-refractivity contribution is -0.145. The van der Waals surface area contributed by atoms with Crippen molar-refractivity contribution >= 4 is 23.0 Å². The third kappa shape index (κ3) is 1.48. The summed E-state index contributed by atoms with van der Waals surface area (Å²) in [5.41, 5.74) is -0.383. The number of oxazole rings is 1. The van der Waals surface area contributed by atoms with E-state index in [0.29, 0.717) is 16.7 Å². The Morgan fingerprint density at radius 1 is 1.37 bits per heavy atom. The van der Waals surface area contributed by atoms with Crippen molar-refractivity contribution in [3.05, 3.63) is 34.3 Å². The summed E-state index contributed by atoms with van der Waals surface area (Å²) in [6.45, 7) is 0. The van der Waals surface area contributed by atoms with Crippen molar-refractivity contribution in [3.63, 3.8) is 0 Å². The van der Waals surface area contributed by atoms with Gasteiger partial charge in [0.05, 0.1) is 11.4 Å². The van der Waals surface area contributed by atoms with E-state index in [1.54, 1.807) is 0 Å². The molecule has 2 aromatic rings. The second-order valence-corrected chi connectivity index (χ2v) is 4.60. The van der Waals surface area contributed by atoms with Gasteiger partial charge in [0.25, 0.3) is 0 Å². The number of hydrogen-bond acceptors (Lipinski definition) is 4. The fourth-order valence-corrected chi connectivity index (χ4v) is 2.47. The minimum absolute atomic E-state index is 0.0469. The summed E-state index contributed by atoms with van der Waals surface area (Å²) in [6.07, 6.45) is 0.0469. The lowest BCUT2D eigenvalue weighted by Gasteiger charge is -2.11. The minimum atomic E-state index is -1.41. The van der Waals surface area contributed by atoms with E-state index in [0.717, 1.165) is 0 Å². The smallest absolute Gasteiger partial charge is 0.417 e. The number of fused-ring (bicyclic) bond motifs is 1. The second kappa shape index (κ2) is 3.47. The average Bonchev–Trinajstić information content (AvgIpc) is 2.99. The van der Waals surface area contributed by atoms with E-state index in [4.69, 9.17) is 9.52 Å². The molecule has 1 aliphatic rings. The van der Waals surface area contributed by atoms with Crippen LogP contribution in [0.2, 0.25) is 0 Å². The molecule has 3 N–H and O–H groups in total. The number of rotatable bonds is 3. The predicted octanol–water partition coefficient (Wildman–Crippen LogP) is 0.548. The Morgan fingerprint density at radius 2 is 2.11 bits per heavy atom. The lowest BCUT2D eigenvalue weighted by Crippen LogP contribution is -2.25. The molecule has 1 heterocycles. The molecule has 1 fully saturated rings. The normalized spacial score (nSPS) is 25.4. The topological polar surface area (TPSA) is 121 Å². The van der Waals surface area contributed by atoms with Crippen molar-refractivity contribution in [2.75, 3.05) is 0 Å². The highest BCUT2D eigenvalue weighted by Gasteiger charge is 2.65. The summed E-state index contributed by atoms with van der Waals surface area (Å²) in [7, 11) is 0. The Kier molecular flexibility index (Phi) is 2.10. The summed E-state index contributed by atoms with van der Waals surface area (Å²) < 4.78 is 4.82. The van der Waals surface area contributed by atoms with E-state index in [-0.39, 0.29) is 6.42 Å². The molecule has 0 saturated heterocycles. The van der Waals surface area contributed by atoms with E-state index in [1.165, 1.54) is 18.2 Å².